The van der Waals surface area contributed by atoms with Gasteiger partial charge in [-0.15, -0.1) is 0 Å². The van der Waals surface area contributed by atoms with Crippen molar-refractivity contribution in [3.63, 3.8) is 0 Å². The van der Waals surface area contributed by atoms with Gasteiger partial charge in [-0.2, -0.15) is 0 Å². The highest BCUT2D eigenvalue weighted by atomic mass is 14.9. The lowest BCUT2D eigenvalue weighted by Gasteiger charge is -2.18. The number of fused-ring (bicyclic) bond motifs is 1. The van der Waals surface area contributed by atoms with Crippen LogP contribution in [0.5, 0.6) is 0 Å². The van der Waals surface area contributed by atoms with Crippen LogP contribution < -0.4 is 11.1 Å². The van der Waals surface area contributed by atoms with Gasteiger partial charge in [0.25, 0.3) is 0 Å². The van der Waals surface area contributed by atoms with Crippen molar-refractivity contribution in [3.05, 3.63) is 30.5 Å². The van der Waals surface area contributed by atoms with Crippen LogP contribution in [0.3, 0.4) is 0 Å². The molecule has 20 heavy (non-hydrogen) atoms. The predicted molar refractivity (Wildman–Crippen MR) is 83.6 cm³/mol. The normalized spacial score (nSPS) is 18.6. The minimum atomic E-state index is 0.774. The Morgan fingerprint density at radius 3 is 2.60 bits per heavy atom. The summed E-state index contributed by atoms with van der Waals surface area (Å²) in [6, 6.07) is 8.05. The van der Waals surface area contributed by atoms with E-state index in [1.54, 1.807) is 0 Å². The number of nitrogen functional groups attached to an aromatic ring is 1. The summed E-state index contributed by atoms with van der Waals surface area (Å²) in [4.78, 5) is 4.40. The molecule has 2 aliphatic carbocycles. The molecular formula is C17H21N3. The van der Waals surface area contributed by atoms with Crippen molar-refractivity contribution in [2.45, 2.75) is 25.7 Å². The summed E-state index contributed by atoms with van der Waals surface area (Å²) in [6.45, 7) is 1.11. The largest absolute Gasteiger partial charge is 0.399 e. The van der Waals surface area contributed by atoms with E-state index in [2.05, 4.69) is 22.4 Å². The van der Waals surface area contributed by atoms with Crippen LogP contribution in [0.15, 0.2) is 30.5 Å². The van der Waals surface area contributed by atoms with Gasteiger partial charge in [0.2, 0.25) is 0 Å². The number of pyridine rings is 1. The summed E-state index contributed by atoms with van der Waals surface area (Å²) in [7, 11) is 0. The van der Waals surface area contributed by atoms with Crippen LogP contribution >= 0.6 is 0 Å². The maximum Gasteiger partial charge on any atom is 0.0743 e. The molecule has 3 N–H and O–H groups in total. The monoisotopic (exact) mass is 267 g/mol. The molecule has 1 heterocycles. The first-order valence-electron chi connectivity index (χ1n) is 7.69. The van der Waals surface area contributed by atoms with E-state index in [9.17, 15) is 0 Å². The minimum Gasteiger partial charge on any atom is -0.399 e. The van der Waals surface area contributed by atoms with Gasteiger partial charge in [0.1, 0.15) is 0 Å². The number of aromatic nitrogens is 1. The Morgan fingerprint density at radius 1 is 1.15 bits per heavy atom. The molecule has 0 atom stereocenters. The summed E-state index contributed by atoms with van der Waals surface area (Å²) in [5.41, 5.74) is 8.78. The van der Waals surface area contributed by atoms with Gasteiger partial charge in [0.05, 0.1) is 5.52 Å². The van der Waals surface area contributed by atoms with Gasteiger partial charge in [-0.1, -0.05) is 0 Å². The number of nitrogens with one attached hydrogen (secondary N) is 1. The zero-order chi connectivity index (χ0) is 13.5. The molecular weight excluding hydrogens is 246 g/mol. The Morgan fingerprint density at radius 2 is 1.90 bits per heavy atom. The fourth-order valence-corrected chi connectivity index (χ4v) is 3.31. The van der Waals surface area contributed by atoms with Crippen LogP contribution in [-0.2, 0) is 0 Å². The highest BCUT2D eigenvalue weighted by molar-refractivity contribution is 5.92. The number of hydrogen-bond acceptors (Lipinski definition) is 3. The van der Waals surface area contributed by atoms with Crippen LogP contribution in [0.2, 0.25) is 0 Å². The second-order valence-electron chi connectivity index (χ2n) is 6.35. The second-order valence-corrected chi connectivity index (χ2v) is 6.35. The molecule has 1 aromatic heterocycles. The maximum absolute atomic E-state index is 5.83. The third-order valence-corrected chi connectivity index (χ3v) is 4.75. The zero-order valence-electron chi connectivity index (χ0n) is 11.7. The van der Waals surface area contributed by atoms with E-state index < -0.39 is 0 Å². The van der Waals surface area contributed by atoms with Crippen molar-refractivity contribution < 1.29 is 0 Å². The predicted octanol–water partition coefficient (Wildman–Crippen LogP) is 3.67. The van der Waals surface area contributed by atoms with Gasteiger partial charge >= 0.3 is 0 Å². The van der Waals surface area contributed by atoms with Crippen molar-refractivity contribution in [1.29, 1.82) is 0 Å². The number of nitrogens with two attached hydrogens (primary N) is 1. The summed E-state index contributed by atoms with van der Waals surface area (Å²) >= 11 is 0. The van der Waals surface area contributed by atoms with E-state index in [1.807, 2.05) is 18.3 Å². The SMILES string of the molecule is Nc1ccc2c(NCC(C3CC3)C3CC3)ccnc2c1. The lowest BCUT2D eigenvalue weighted by molar-refractivity contribution is 0.428. The average Bonchev–Trinajstić information content (AvgIpc) is 3.32. The molecule has 0 bridgehead atoms. The van der Waals surface area contributed by atoms with E-state index >= 15 is 0 Å². The number of benzene rings is 1. The Bertz CT molecular complexity index is 617. The van der Waals surface area contributed by atoms with E-state index in [0.717, 1.165) is 35.5 Å². The molecule has 2 fully saturated rings. The molecule has 3 heteroatoms. The van der Waals surface area contributed by atoms with Crippen molar-refractivity contribution in [2.75, 3.05) is 17.6 Å². The van der Waals surface area contributed by atoms with Gasteiger partial charge < -0.3 is 11.1 Å². The first kappa shape index (κ1) is 12.0. The zero-order valence-corrected chi connectivity index (χ0v) is 11.7. The molecule has 0 saturated heterocycles. The van der Waals surface area contributed by atoms with E-state index in [-0.39, 0.29) is 0 Å². The summed E-state index contributed by atoms with van der Waals surface area (Å²) in [5.74, 6) is 2.85. The summed E-state index contributed by atoms with van der Waals surface area (Å²) in [5, 5.41) is 4.84. The molecule has 2 aromatic rings. The van der Waals surface area contributed by atoms with Crippen molar-refractivity contribution in [3.8, 4) is 0 Å². The van der Waals surface area contributed by atoms with Crippen LogP contribution in [0, 0.1) is 17.8 Å². The van der Waals surface area contributed by atoms with Gasteiger partial charge in [-0.25, -0.2) is 0 Å². The standard InChI is InChI=1S/C17H21N3/c18-13-5-6-14-16(7-8-19-17(14)9-13)20-10-15(11-1-2-11)12-3-4-12/h5-9,11-12,15H,1-4,10,18H2,(H,19,20). The molecule has 0 radical (unpaired) electrons. The van der Waals surface area contributed by atoms with Crippen molar-refractivity contribution in [2.24, 2.45) is 17.8 Å². The number of hydrogen-bond donors (Lipinski definition) is 2. The molecule has 2 aliphatic rings. The average molecular weight is 267 g/mol. The molecule has 4 rings (SSSR count). The molecule has 3 nitrogen and oxygen atoms in total. The lowest BCUT2D eigenvalue weighted by Crippen LogP contribution is -2.18. The first-order chi connectivity index (χ1) is 9.81. The van der Waals surface area contributed by atoms with E-state index in [4.69, 9.17) is 5.73 Å². The topological polar surface area (TPSA) is 50.9 Å². The van der Waals surface area contributed by atoms with Gasteiger partial charge in [0.15, 0.2) is 0 Å². The van der Waals surface area contributed by atoms with Crippen LogP contribution in [0.25, 0.3) is 10.9 Å². The Kier molecular flexibility index (Phi) is 2.79. The minimum absolute atomic E-state index is 0.774. The molecule has 0 amide bonds. The first-order valence-corrected chi connectivity index (χ1v) is 7.69. The smallest absolute Gasteiger partial charge is 0.0743 e. The molecule has 2 saturated carbocycles. The summed E-state index contributed by atoms with van der Waals surface area (Å²) in [6.07, 6.45) is 7.63. The summed E-state index contributed by atoms with van der Waals surface area (Å²) < 4.78 is 0. The quantitative estimate of drug-likeness (QED) is 0.813. The fraction of sp³-hybridized carbons (Fsp3) is 0.471. The lowest BCUT2D eigenvalue weighted by atomic mass is 9.98. The van der Waals surface area contributed by atoms with E-state index in [0.29, 0.717) is 0 Å². The van der Waals surface area contributed by atoms with Crippen molar-refractivity contribution >= 4 is 22.3 Å². The fourth-order valence-electron chi connectivity index (χ4n) is 3.31. The van der Waals surface area contributed by atoms with Gasteiger partial charge in [0, 0.05) is 29.5 Å². The number of rotatable bonds is 5. The van der Waals surface area contributed by atoms with Crippen LogP contribution in [0.1, 0.15) is 25.7 Å². The highest BCUT2D eigenvalue weighted by Crippen LogP contribution is 2.49. The van der Waals surface area contributed by atoms with E-state index in [1.165, 1.54) is 36.8 Å². The van der Waals surface area contributed by atoms with Crippen LogP contribution in [0.4, 0.5) is 11.4 Å². The molecule has 104 valence electrons. The second kappa shape index (κ2) is 4.65. The Hall–Kier alpha value is -1.77. The van der Waals surface area contributed by atoms with Gasteiger partial charge in [-0.3, -0.25) is 4.98 Å². The van der Waals surface area contributed by atoms with Gasteiger partial charge in [-0.05, 0) is 67.7 Å². The molecule has 0 spiro atoms. The Balaban J connectivity index is 1.55. The van der Waals surface area contributed by atoms with Crippen molar-refractivity contribution in [1.82, 2.24) is 4.98 Å². The highest BCUT2D eigenvalue weighted by Gasteiger charge is 2.40. The maximum atomic E-state index is 5.83. The Labute approximate surface area is 119 Å². The molecule has 0 aliphatic heterocycles. The third kappa shape index (κ3) is 2.33. The van der Waals surface area contributed by atoms with Crippen LogP contribution in [-0.4, -0.2) is 11.5 Å². The number of anilines is 2. The number of nitrogens with zero attached hydrogens (tertiary/aromatic N) is 1. The molecule has 0 unspecified atom stereocenters. The molecule has 1 aromatic carbocycles. The third-order valence-electron chi connectivity index (χ3n) is 4.75.